The van der Waals surface area contributed by atoms with Gasteiger partial charge in [0.2, 0.25) is 0 Å². The minimum atomic E-state index is -0.536. The number of benzene rings is 2. The molecule has 1 heterocycles. The second-order valence-electron chi connectivity index (χ2n) is 5.92. The Morgan fingerprint density at radius 3 is 2.41 bits per heavy atom. The maximum atomic E-state index is 13.3. The van der Waals surface area contributed by atoms with Crippen LogP contribution < -0.4 is 14.8 Å². The topological polar surface area (TPSA) is 65.4 Å². The van der Waals surface area contributed by atoms with Gasteiger partial charge < -0.3 is 19.4 Å². The van der Waals surface area contributed by atoms with Crippen molar-refractivity contribution in [3.63, 3.8) is 0 Å². The molecule has 0 aliphatic rings. The van der Waals surface area contributed by atoms with E-state index in [0.29, 0.717) is 22.9 Å². The Labute approximate surface area is 156 Å². The average Bonchev–Trinajstić information content (AvgIpc) is 3.11. The van der Waals surface area contributed by atoms with Gasteiger partial charge in [-0.3, -0.25) is 4.79 Å². The summed E-state index contributed by atoms with van der Waals surface area (Å²) in [5.41, 5.74) is 1.13. The molecule has 140 valence electrons. The van der Waals surface area contributed by atoms with Gasteiger partial charge in [-0.05, 0) is 35.9 Å². The van der Waals surface area contributed by atoms with Crippen LogP contribution in [0.3, 0.4) is 0 Å². The Morgan fingerprint density at radius 2 is 1.81 bits per heavy atom. The third kappa shape index (κ3) is 3.92. The van der Waals surface area contributed by atoms with Gasteiger partial charge in [-0.25, -0.2) is 9.37 Å². The number of carbonyl (C=O) groups excluding carboxylic acids is 1. The van der Waals surface area contributed by atoms with Gasteiger partial charge in [0.1, 0.15) is 17.7 Å². The van der Waals surface area contributed by atoms with Crippen LogP contribution in [0.25, 0.3) is 0 Å². The van der Waals surface area contributed by atoms with Gasteiger partial charge in [0.05, 0.1) is 14.2 Å². The number of aromatic nitrogens is 2. The maximum Gasteiger partial charge on any atom is 0.252 e. The highest BCUT2D eigenvalue weighted by atomic mass is 19.1. The van der Waals surface area contributed by atoms with E-state index in [9.17, 15) is 9.18 Å². The maximum absolute atomic E-state index is 13.3. The normalized spacial score (nSPS) is 11.7. The van der Waals surface area contributed by atoms with Crippen molar-refractivity contribution in [2.24, 2.45) is 7.05 Å². The molecule has 1 atom stereocenters. The Hall–Kier alpha value is -3.35. The summed E-state index contributed by atoms with van der Waals surface area (Å²) in [5, 5.41) is 2.96. The molecular formula is C20H20FN3O3. The van der Waals surface area contributed by atoms with E-state index in [1.54, 1.807) is 42.7 Å². The number of nitrogens with one attached hydrogen (secondary N) is 1. The number of rotatable bonds is 6. The first-order valence-corrected chi connectivity index (χ1v) is 8.29. The number of ether oxygens (including phenoxy) is 2. The van der Waals surface area contributed by atoms with Crippen LogP contribution >= 0.6 is 0 Å². The molecule has 3 rings (SSSR count). The zero-order valence-corrected chi connectivity index (χ0v) is 15.3. The lowest BCUT2D eigenvalue weighted by molar-refractivity contribution is 0.0940. The first-order chi connectivity index (χ1) is 13.0. The molecule has 7 heteroatoms. The summed E-state index contributed by atoms with van der Waals surface area (Å²) >= 11 is 0. The van der Waals surface area contributed by atoms with Crippen molar-refractivity contribution in [2.75, 3.05) is 14.2 Å². The third-order valence-corrected chi connectivity index (χ3v) is 4.24. The SMILES string of the molecule is COc1ccc(C(=O)NC(c2ccc(F)cc2)c2nccn2C)cc1OC. The summed E-state index contributed by atoms with van der Waals surface area (Å²) in [6, 6.07) is 10.4. The minimum absolute atomic E-state index is 0.312. The van der Waals surface area contributed by atoms with E-state index in [1.165, 1.54) is 26.4 Å². The molecule has 0 aliphatic heterocycles. The van der Waals surface area contributed by atoms with Crippen molar-refractivity contribution in [3.8, 4) is 11.5 Å². The number of halogens is 1. The lowest BCUT2D eigenvalue weighted by Crippen LogP contribution is -2.31. The number of hydrogen-bond donors (Lipinski definition) is 1. The molecule has 27 heavy (non-hydrogen) atoms. The number of hydrogen-bond acceptors (Lipinski definition) is 4. The van der Waals surface area contributed by atoms with Crippen molar-refractivity contribution in [1.82, 2.24) is 14.9 Å². The molecule has 1 N–H and O–H groups in total. The fourth-order valence-corrected chi connectivity index (χ4v) is 2.80. The predicted molar refractivity (Wildman–Crippen MR) is 98.5 cm³/mol. The van der Waals surface area contributed by atoms with Crippen LogP contribution in [0.4, 0.5) is 4.39 Å². The Kier molecular flexibility index (Phi) is 5.40. The third-order valence-electron chi connectivity index (χ3n) is 4.24. The highest BCUT2D eigenvalue weighted by Crippen LogP contribution is 2.28. The van der Waals surface area contributed by atoms with Gasteiger partial charge in [-0.15, -0.1) is 0 Å². The molecule has 6 nitrogen and oxygen atoms in total. The van der Waals surface area contributed by atoms with E-state index >= 15 is 0 Å². The first kappa shape index (κ1) is 18.4. The lowest BCUT2D eigenvalue weighted by Gasteiger charge is -2.19. The minimum Gasteiger partial charge on any atom is -0.493 e. The number of methoxy groups -OCH3 is 2. The fraction of sp³-hybridized carbons (Fsp3) is 0.200. The van der Waals surface area contributed by atoms with Gasteiger partial charge >= 0.3 is 0 Å². The molecule has 0 saturated carbocycles. The van der Waals surface area contributed by atoms with Crippen molar-refractivity contribution in [2.45, 2.75) is 6.04 Å². The Morgan fingerprint density at radius 1 is 1.11 bits per heavy atom. The molecule has 1 amide bonds. The largest absolute Gasteiger partial charge is 0.493 e. The Balaban J connectivity index is 1.93. The molecule has 0 aliphatic carbocycles. The van der Waals surface area contributed by atoms with Crippen LogP contribution in [0.5, 0.6) is 11.5 Å². The number of imidazole rings is 1. The molecule has 0 spiro atoms. The van der Waals surface area contributed by atoms with E-state index in [4.69, 9.17) is 9.47 Å². The molecular weight excluding hydrogens is 349 g/mol. The van der Waals surface area contributed by atoms with Crippen LogP contribution in [0.2, 0.25) is 0 Å². The summed E-state index contributed by atoms with van der Waals surface area (Å²) in [5.74, 6) is 0.973. The molecule has 3 aromatic rings. The predicted octanol–water partition coefficient (Wildman–Crippen LogP) is 3.10. The molecule has 2 aromatic carbocycles. The molecule has 0 radical (unpaired) electrons. The standard InChI is InChI=1S/C20H20FN3O3/c1-24-11-10-22-19(24)18(13-4-7-15(21)8-5-13)23-20(25)14-6-9-16(26-2)17(12-14)27-3/h4-12,18H,1-3H3,(H,23,25). The summed E-state index contributed by atoms with van der Waals surface area (Å²) in [4.78, 5) is 17.2. The van der Waals surface area contributed by atoms with E-state index in [-0.39, 0.29) is 11.7 Å². The Bertz CT molecular complexity index is 938. The highest BCUT2D eigenvalue weighted by molar-refractivity contribution is 5.95. The van der Waals surface area contributed by atoms with Crippen LogP contribution in [-0.4, -0.2) is 29.7 Å². The lowest BCUT2D eigenvalue weighted by atomic mass is 10.0. The number of carbonyl (C=O) groups is 1. The van der Waals surface area contributed by atoms with E-state index in [0.717, 1.165) is 5.56 Å². The summed E-state index contributed by atoms with van der Waals surface area (Å²) < 4.78 is 25.6. The summed E-state index contributed by atoms with van der Waals surface area (Å²) in [7, 11) is 4.87. The fourth-order valence-electron chi connectivity index (χ4n) is 2.80. The van der Waals surface area contributed by atoms with Crippen LogP contribution in [0.1, 0.15) is 27.8 Å². The van der Waals surface area contributed by atoms with E-state index in [2.05, 4.69) is 10.3 Å². The highest BCUT2D eigenvalue weighted by Gasteiger charge is 2.22. The number of nitrogens with zero attached hydrogens (tertiary/aromatic N) is 2. The zero-order valence-electron chi connectivity index (χ0n) is 15.3. The van der Waals surface area contributed by atoms with Crippen LogP contribution in [0, 0.1) is 5.82 Å². The molecule has 0 fully saturated rings. The van der Waals surface area contributed by atoms with E-state index < -0.39 is 6.04 Å². The monoisotopic (exact) mass is 369 g/mol. The number of amides is 1. The molecule has 1 aromatic heterocycles. The van der Waals surface area contributed by atoms with Crippen molar-refractivity contribution < 1.29 is 18.7 Å². The summed E-state index contributed by atoms with van der Waals surface area (Å²) in [6.07, 6.45) is 3.43. The van der Waals surface area contributed by atoms with Gasteiger partial charge in [0, 0.05) is 25.0 Å². The zero-order chi connectivity index (χ0) is 19.4. The number of aryl methyl sites for hydroxylation is 1. The van der Waals surface area contributed by atoms with Crippen molar-refractivity contribution in [3.05, 3.63) is 77.6 Å². The van der Waals surface area contributed by atoms with Crippen LogP contribution in [-0.2, 0) is 7.05 Å². The molecule has 1 unspecified atom stereocenters. The van der Waals surface area contributed by atoms with Crippen LogP contribution in [0.15, 0.2) is 54.9 Å². The second kappa shape index (κ2) is 7.90. The molecule has 0 bridgehead atoms. The smallest absolute Gasteiger partial charge is 0.252 e. The quantitative estimate of drug-likeness (QED) is 0.725. The second-order valence-corrected chi connectivity index (χ2v) is 5.92. The average molecular weight is 369 g/mol. The van der Waals surface area contributed by atoms with Gasteiger partial charge in [0.25, 0.3) is 5.91 Å². The van der Waals surface area contributed by atoms with Crippen molar-refractivity contribution in [1.29, 1.82) is 0 Å². The van der Waals surface area contributed by atoms with Gasteiger partial charge in [-0.2, -0.15) is 0 Å². The first-order valence-electron chi connectivity index (χ1n) is 8.29. The van der Waals surface area contributed by atoms with E-state index in [1.807, 2.05) is 11.6 Å². The van der Waals surface area contributed by atoms with Gasteiger partial charge in [-0.1, -0.05) is 12.1 Å². The van der Waals surface area contributed by atoms with Crippen molar-refractivity contribution >= 4 is 5.91 Å². The van der Waals surface area contributed by atoms with Gasteiger partial charge in [0.15, 0.2) is 11.5 Å². The summed E-state index contributed by atoms with van der Waals surface area (Å²) in [6.45, 7) is 0. The molecule has 0 saturated heterocycles.